The molecule has 0 aliphatic rings. The van der Waals surface area contributed by atoms with Crippen LogP contribution in [0.2, 0.25) is 0 Å². The van der Waals surface area contributed by atoms with Crippen LogP contribution in [0.1, 0.15) is 38.7 Å². The third kappa shape index (κ3) is 8.55. The minimum Gasteiger partial charge on any atom is -0.616 e. The maximum Gasteiger partial charge on any atom is 0.119 e. The van der Waals surface area contributed by atoms with E-state index in [4.69, 9.17) is 10.00 Å². The van der Waals surface area contributed by atoms with E-state index in [0.717, 1.165) is 25.0 Å². The van der Waals surface area contributed by atoms with Crippen molar-refractivity contribution in [3.05, 3.63) is 29.8 Å². The lowest BCUT2D eigenvalue weighted by molar-refractivity contribution is 0.103. The van der Waals surface area contributed by atoms with Crippen LogP contribution in [0.4, 0.5) is 0 Å². The molecule has 0 saturated heterocycles. The molecule has 0 aromatic heterocycles. The van der Waals surface area contributed by atoms with E-state index in [0.29, 0.717) is 23.6 Å². The van der Waals surface area contributed by atoms with E-state index in [2.05, 4.69) is 12.2 Å². The van der Waals surface area contributed by atoms with E-state index in [-0.39, 0.29) is 12.6 Å². The summed E-state index contributed by atoms with van der Waals surface area (Å²) in [7, 11) is 0. The van der Waals surface area contributed by atoms with Crippen molar-refractivity contribution in [1.82, 2.24) is 5.32 Å². The fourth-order valence-corrected chi connectivity index (χ4v) is 3.44. The summed E-state index contributed by atoms with van der Waals surface area (Å²) in [6.45, 7) is 4.75. The molecule has 0 bridgehead atoms. The molecule has 1 unspecified atom stereocenters. The second-order valence-electron chi connectivity index (χ2n) is 5.75. The van der Waals surface area contributed by atoms with Crippen LogP contribution in [0.15, 0.2) is 24.3 Å². The number of aliphatic hydroxyl groups excluding tert-OH is 1. The molecule has 0 radical (unpaired) electrons. The molecular weight excluding hydrogens is 324 g/mol. The zero-order chi connectivity index (χ0) is 17.8. The number of nitriles is 1. The molecule has 0 aliphatic heterocycles. The number of hydrogen-bond acceptors (Lipinski definition) is 5. The van der Waals surface area contributed by atoms with Gasteiger partial charge in [-0.05, 0) is 37.1 Å². The number of hydrogen-bond donors (Lipinski definition) is 2. The van der Waals surface area contributed by atoms with Crippen molar-refractivity contribution in [2.45, 2.75) is 45.3 Å². The van der Waals surface area contributed by atoms with Crippen LogP contribution in [0.5, 0.6) is 5.75 Å². The number of ether oxygens (including phenoxy) is 1. The van der Waals surface area contributed by atoms with Crippen LogP contribution < -0.4 is 10.1 Å². The maximum atomic E-state index is 11.7. The molecule has 0 fully saturated rings. The van der Waals surface area contributed by atoms with E-state index >= 15 is 0 Å². The third-order valence-corrected chi connectivity index (χ3v) is 5.24. The fourth-order valence-electron chi connectivity index (χ4n) is 2.23. The Morgan fingerprint density at radius 1 is 1.29 bits per heavy atom. The molecule has 0 aliphatic carbocycles. The summed E-state index contributed by atoms with van der Waals surface area (Å²) in [5.41, 5.74) is 0.579. The molecule has 1 rings (SSSR count). The Kier molecular flexibility index (Phi) is 10.5. The van der Waals surface area contributed by atoms with E-state index < -0.39 is 17.3 Å². The summed E-state index contributed by atoms with van der Waals surface area (Å²) >= 11 is -0.738. The SMILES string of the molecule is CCC[S+]([O-])CC[C@@H](CC)NC[C@H](O)COc1ccc(C#N)cc1. The summed E-state index contributed by atoms with van der Waals surface area (Å²) in [5.74, 6) is 2.10. The minimum atomic E-state index is -0.738. The van der Waals surface area contributed by atoms with Gasteiger partial charge < -0.3 is 19.7 Å². The van der Waals surface area contributed by atoms with Crippen LogP contribution in [0, 0.1) is 11.3 Å². The molecule has 134 valence electrons. The molecule has 1 aromatic carbocycles. The zero-order valence-corrected chi connectivity index (χ0v) is 15.3. The molecule has 5 nitrogen and oxygen atoms in total. The first-order valence-electron chi connectivity index (χ1n) is 8.48. The Hall–Kier alpha value is -1.26. The van der Waals surface area contributed by atoms with Gasteiger partial charge in [0.15, 0.2) is 0 Å². The molecule has 0 amide bonds. The van der Waals surface area contributed by atoms with Crippen LogP contribution >= 0.6 is 0 Å². The second-order valence-corrected chi connectivity index (χ2v) is 7.45. The molecule has 2 N–H and O–H groups in total. The van der Waals surface area contributed by atoms with Gasteiger partial charge in [0.05, 0.1) is 11.6 Å². The Balaban J connectivity index is 2.25. The fraction of sp³-hybridized carbons (Fsp3) is 0.611. The van der Waals surface area contributed by atoms with Gasteiger partial charge in [-0.2, -0.15) is 5.26 Å². The smallest absolute Gasteiger partial charge is 0.119 e. The normalized spacial score (nSPS) is 14.6. The maximum absolute atomic E-state index is 11.7. The predicted molar refractivity (Wildman–Crippen MR) is 97.5 cm³/mol. The summed E-state index contributed by atoms with van der Waals surface area (Å²) in [5, 5.41) is 22.1. The van der Waals surface area contributed by atoms with Gasteiger partial charge in [0, 0.05) is 19.0 Å². The highest BCUT2D eigenvalue weighted by atomic mass is 32.2. The van der Waals surface area contributed by atoms with Crippen LogP contribution in [0.25, 0.3) is 0 Å². The predicted octanol–water partition coefficient (Wildman–Crippen LogP) is 2.21. The molecule has 0 spiro atoms. The van der Waals surface area contributed by atoms with Crippen molar-refractivity contribution in [1.29, 1.82) is 5.26 Å². The van der Waals surface area contributed by atoms with Gasteiger partial charge in [0.2, 0.25) is 0 Å². The summed E-state index contributed by atoms with van der Waals surface area (Å²) in [4.78, 5) is 0. The quantitative estimate of drug-likeness (QED) is 0.563. The highest BCUT2D eigenvalue weighted by Gasteiger charge is 2.13. The van der Waals surface area contributed by atoms with E-state index in [1.807, 2.05) is 13.0 Å². The molecule has 1 aromatic rings. The Morgan fingerprint density at radius 2 is 2.00 bits per heavy atom. The summed E-state index contributed by atoms with van der Waals surface area (Å²) in [6, 6.07) is 9.11. The van der Waals surface area contributed by atoms with Gasteiger partial charge in [-0.15, -0.1) is 0 Å². The lowest BCUT2D eigenvalue weighted by Crippen LogP contribution is -2.38. The third-order valence-electron chi connectivity index (χ3n) is 3.69. The molecular formula is C18H28N2O3S. The van der Waals surface area contributed by atoms with Crippen LogP contribution in [0.3, 0.4) is 0 Å². The van der Waals surface area contributed by atoms with Gasteiger partial charge in [-0.3, -0.25) is 0 Å². The minimum absolute atomic E-state index is 0.192. The highest BCUT2D eigenvalue weighted by molar-refractivity contribution is 7.91. The number of nitrogens with one attached hydrogen (secondary N) is 1. The molecule has 24 heavy (non-hydrogen) atoms. The van der Waals surface area contributed by atoms with E-state index in [1.54, 1.807) is 24.3 Å². The lowest BCUT2D eigenvalue weighted by Gasteiger charge is -2.20. The van der Waals surface area contributed by atoms with E-state index in [1.165, 1.54) is 0 Å². The Labute approximate surface area is 148 Å². The van der Waals surface area contributed by atoms with E-state index in [9.17, 15) is 9.66 Å². The zero-order valence-electron chi connectivity index (χ0n) is 14.5. The van der Waals surface area contributed by atoms with Gasteiger partial charge in [0.25, 0.3) is 0 Å². The first-order chi connectivity index (χ1) is 11.6. The molecule has 0 saturated carbocycles. The van der Waals surface area contributed by atoms with Crippen LogP contribution in [-0.4, -0.2) is 46.5 Å². The number of nitrogens with zero attached hydrogens (tertiary/aromatic N) is 1. The largest absolute Gasteiger partial charge is 0.616 e. The van der Waals surface area contributed by atoms with Crippen molar-refractivity contribution >= 4 is 11.2 Å². The van der Waals surface area contributed by atoms with Gasteiger partial charge in [0.1, 0.15) is 30.0 Å². The summed E-state index contributed by atoms with van der Waals surface area (Å²) < 4.78 is 17.2. The molecule has 6 heteroatoms. The summed E-state index contributed by atoms with van der Waals surface area (Å²) in [6.07, 6.45) is 2.12. The first kappa shape index (κ1) is 20.8. The van der Waals surface area contributed by atoms with Crippen molar-refractivity contribution in [3.8, 4) is 11.8 Å². The second kappa shape index (κ2) is 12.2. The van der Waals surface area contributed by atoms with Gasteiger partial charge in [-0.25, -0.2) is 0 Å². The topological polar surface area (TPSA) is 88.3 Å². The number of aliphatic hydroxyl groups is 1. The average molecular weight is 353 g/mol. The standard InChI is InChI=1S/C18H28N2O3S/c1-3-10-24(22)11-9-16(4-2)20-13-17(21)14-23-18-7-5-15(12-19)6-8-18/h5-8,16-17,20-21H,3-4,9-11,13-14H2,1-2H3/t16-,17+,24?/m1/s1. The lowest BCUT2D eigenvalue weighted by atomic mass is 10.1. The first-order valence-corrected chi connectivity index (χ1v) is 9.97. The molecule has 3 atom stereocenters. The van der Waals surface area contributed by atoms with Gasteiger partial charge >= 0.3 is 0 Å². The number of benzene rings is 1. The Bertz CT molecular complexity index is 490. The number of rotatable bonds is 12. The van der Waals surface area contributed by atoms with Gasteiger partial charge in [-0.1, -0.05) is 25.0 Å². The Morgan fingerprint density at radius 3 is 2.58 bits per heavy atom. The highest BCUT2D eigenvalue weighted by Crippen LogP contribution is 2.11. The molecule has 0 heterocycles. The van der Waals surface area contributed by atoms with Crippen molar-refractivity contribution < 1.29 is 14.4 Å². The van der Waals surface area contributed by atoms with Crippen molar-refractivity contribution in [2.75, 3.05) is 24.7 Å². The van der Waals surface area contributed by atoms with Crippen molar-refractivity contribution in [3.63, 3.8) is 0 Å². The monoisotopic (exact) mass is 352 g/mol. The average Bonchev–Trinajstić information content (AvgIpc) is 2.60. The van der Waals surface area contributed by atoms with Crippen molar-refractivity contribution in [2.24, 2.45) is 0 Å². The van der Waals surface area contributed by atoms with Crippen LogP contribution in [-0.2, 0) is 11.2 Å².